The van der Waals surface area contributed by atoms with Crippen LogP contribution in [0.3, 0.4) is 0 Å². The SMILES string of the molecule is NCC(=O)NCC(=O)NCC(=O)NCC(=O)N[C@@H](CO)C(=O)NCC(=O)NCC(=O)NCC(=O)NCC(=O)N[C@@H](CO)C(=O)NCC(=O)NCC(=O)NCC(=O)NCC(=O)N[C@@H](CO)C(=O)NCC(=O)NCC(=O)NCC(=O)NCC(=O)O. The maximum Gasteiger partial charge on any atom is 0.322 e. The van der Waals surface area contributed by atoms with Gasteiger partial charge in [-0.25, -0.2) is 0 Å². The number of aliphatic hydroxyl groups excluding tert-OH is 3. The highest BCUT2D eigenvalue weighted by atomic mass is 16.4. The third-order valence-electron chi connectivity index (χ3n) is 9.30. The van der Waals surface area contributed by atoms with Crippen molar-refractivity contribution in [2.24, 2.45) is 5.73 Å². The summed E-state index contributed by atoms with van der Waals surface area (Å²) in [6.45, 7) is -13.6. The van der Waals surface area contributed by atoms with Gasteiger partial charge in [-0.15, -0.1) is 0 Å². The van der Waals surface area contributed by atoms with Crippen LogP contribution < -0.4 is 101 Å². The molecule has 462 valence electrons. The zero-order chi connectivity index (χ0) is 62.9. The van der Waals surface area contributed by atoms with Crippen molar-refractivity contribution >= 4 is 112 Å². The highest BCUT2D eigenvalue weighted by Crippen LogP contribution is 1.87. The molecule has 42 heteroatoms. The zero-order valence-electron chi connectivity index (χ0n) is 43.8. The molecule has 0 aromatic carbocycles. The second-order valence-electron chi connectivity index (χ2n) is 16.0. The van der Waals surface area contributed by atoms with E-state index in [1.54, 1.807) is 0 Å². The maximum absolute atomic E-state index is 12.5. The smallest absolute Gasteiger partial charge is 0.322 e. The van der Waals surface area contributed by atoms with Crippen molar-refractivity contribution in [2.45, 2.75) is 18.1 Å². The van der Waals surface area contributed by atoms with E-state index in [9.17, 15) is 106 Å². The minimum Gasteiger partial charge on any atom is -0.480 e. The lowest BCUT2D eigenvalue weighted by Gasteiger charge is -2.17. The first-order valence-electron chi connectivity index (χ1n) is 23.9. The van der Waals surface area contributed by atoms with Crippen LogP contribution >= 0.6 is 0 Å². The number of aliphatic hydroxyl groups is 3. The Morgan fingerprint density at radius 1 is 0.241 bits per heavy atom. The third-order valence-corrected chi connectivity index (χ3v) is 9.30. The standard InChI is InChI=1S/C41H65N19O23/c42-1-23(64)43-2-24(65)44-6-28(69)51-13-35(76)58-20(17-61)39(81)55-10-32(73)48-3-25(66)45-7-29(70)52-14-36(77)59-21(18-62)40(82)56-11-33(74)49-4-26(67)46-8-30(71)53-15-37(78)60-22(19-63)41(83)57-12-34(75)50-5-27(68)47-9-31(72)54-16-38(79)80/h20-22,61-63H,1-19,42H2,(H,43,64)(H,44,65)(H,45,66)(H,46,67)(H,47,68)(H,48,73)(H,49,74)(H,50,75)(H,51,69)(H,52,70)(H,53,71)(H,54,72)(H,55,81)(H,56,82)(H,57,83)(H,58,76)(H,59,77)(H,60,78)(H,79,80)/t20-,21-,22-/m0/s1. The van der Waals surface area contributed by atoms with Crippen molar-refractivity contribution in [3.63, 3.8) is 0 Å². The molecule has 0 saturated heterocycles. The molecule has 42 nitrogen and oxygen atoms in total. The monoisotopic (exact) mass is 1190 g/mol. The van der Waals surface area contributed by atoms with Crippen LogP contribution in [0.5, 0.6) is 0 Å². The molecule has 0 saturated carbocycles. The van der Waals surface area contributed by atoms with Gasteiger partial charge in [-0.05, 0) is 0 Å². The summed E-state index contributed by atoms with van der Waals surface area (Å²) in [5.41, 5.74) is 5.08. The second kappa shape index (κ2) is 41.8. The Morgan fingerprint density at radius 2 is 0.398 bits per heavy atom. The zero-order valence-corrected chi connectivity index (χ0v) is 43.8. The van der Waals surface area contributed by atoms with E-state index in [-0.39, 0.29) is 6.54 Å². The summed E-state index contributed by atoms with van der Waals surface area (Å²) < 4.78 is 0. The first kappa shape index (κ1) is 72.8. The molecule has 24 N–H and O–H groups in total. The topological polar surface area (TPSA) is 648 Å². The summed E-state index contributed by atoms with van der Waals surface area (Å²) in [7, 11) is 0. The molecule has 0 radical (unpaired) electrons. The van der Waals surface area contributed by atoms with Crippen LogP contribution in [0.4, 0.5) is 0 Å². The van der Waals surface area contributed by atoms with E-state index < -0.39 is 248 Å². The average molecular weight is 1190 g/mol. The van der Waals surface area contributed by atoms with Gasteiger partial charge in [0.2, 0.25) is 106 Å². The number of carboxylic acid groups (broad SMARTS) is 1. The molecule has 0 unspecified atom stereocenters. The van der Waals surface area contributed by atoms with Crippen molar-refractivity contribution in [2.75, 3.05) is 125 Å². The number of aliphatic carboxylic acids is 1. The number of amides is 18. The lowest BCUT2D eigenvalue weighted by atomic mass is 10.3. The second-order valence-corrected chi connectivity index (χ2v) is 16.0. The van der Waals surface area contributed by atoms with Crippen molar-refractivity contribution in [3.05, 3.63) is 0 Å². The van der Waals surface area contributed by atoms with Gasteiger partial charge in [-0.3, -0.25) is 91.1 Å². The number of carbonyl (C=O) groups is 19. The molecule has 0 aromatic heterocycles. The van der Waals surface area contributed by atoms with Gasteiger partial charge in [0.1, 0.15) is 24.7 Å². The molecule has 0 rings (SSSR count). The Labute approximate surface area is 467 Å². The Hall–Kier alpha value is -10.2. The first-order chi connectivity index (χ1) is 39.2. The van der Waals surface area contributed by atoms with Gasteiger partial charge >= 0.3 is 5.97 Å². The summed E-state index contributed by atoms with van der Waals surface area (Å²) in [5.74, 6) is -17.8. The molecule has 3 atom stereocenters. The molecule has 83 heavy (non-hydrogen) atoms. The molecule has 0 bridgehead atoms. The van der Waals surface area contributed by atoms with Gasteiger partial charge < -0.3 is 122 Å². The fourth-order valence-electron chi connectivity index (χ4n) is 5.09. The lowest BCUT2D eigenvalue weighted by Crippen LogP contribution is -2.53. The van der Waals surface area contributed by atoms with Crippen LogP contribution in [0, 0.1) is 0 Å². The summed E-state index contributed by atoms with van der Waals surface area (Å²) in [4.78, 5) is 227. The molecule has 0 aromatic rings. The van der Waals surface area contributed by atoms with E-state index >= 15 is 0 Å². The molecule has 0 aliphatic carbocycles. The van der Waals surface area contributed by atoms with E-state index in [2.05, 4.69) is 90.4 Å². The molecule has 0 aliphatic heterocycles. The molecule has 0 fully saturated rings. The van der Waals surface area contributed by atoms with Gasteiger partial charge in [-0.1, -0.05) is 0 Å². The van der Waals surface area contributed by atoms with Gasteiger partial charge in [0.15, 0.2) is 0 Å². The van der Waals surface area contributed by atoms with Crippen LogP contribution in [0.2, 0.25) is 0 Å². The maximum atomic E-state index is 12.5. The Bertz CT molecular complexity index is 2390. The Balaban J connectivity index is 4.42. The van der Waals surface area contributed by atoms with Gasteiger partial charge in [0.25, 0.3) is 0 Å². The van der Waals surface area contributed by atoms with Crippen LogP contribution in [-0.2, 0) is 91.1 Å². The van der Waals surface area contributed by atoms with E-state index in [1.165, 1.54) is 0 Å². The van der Waals surface area contributed by atoms with Crippen molar-refractivity contribution < 1.29 is 112 Å². The number of nitrogens with one attached hydrogen (secondary N) is 18. The van der Waals surface area contributed by atoms with Crippen molar-refractivity contribution in [3.8, 4) is 0 Å². The van der Waals surface area contributed by atoms with E-state index in [1.807, 2.05) is 5.32 Å². The number of rotatable bonds is 40. The van der Waals surface area contributed by atoms with E-state index in [0.29, 0.717) is 0 Å². The molecule has 0 aliphatic rings. The van der Waals surface area contributed by atoms with Gasteiger partial charge in [-0.2, -0.15) is 0 Å². The molecule has 18 amide bonds. The summed E-state index contributed by atoms with van der Waals surface area (Å²) in [6, 6.07) is -4.85. The predicted octanol–water partition coefficient (Wildman–Crippen LogP) is -18.8. The summed E-state index contributed by atoms with van der Waals surface area (Å²) in [5, 5.41) is 74.7. The number of hydrogen-bond acceptors (Lipinski definition) is 23. The van der Waals surface area contributed by atoms with Crippen LogP contribution in [0.1, 0.15) is 0 Å². The average Bonchev–Trinajstić information content (AvgIpc) is 3.46. The highest BCUT2D eigenvalue weighted by molar-refractivity contribution is 5.97. The van der Waals surface area contributed by atoms with Crippen LogP contribution in [0.25, 0.3) is 0 Å². The predicted molar refractivity (Wildman–Crippen MR) is 269 cm³/mol. The normalized spacial score (nSPS) is 11.2. The number of nitrogens with two attached hydrogens (primary N) is 1. The number of carbonyl (C=O) groups excluding carboxylic acids is 18. The van der Waals surface area contributed by atoms with E-state index in [4.69, 9.17) is 10.8 Å². The highest BCUT2D eigenvalue weighted by Gasteiger charge is 2.24. The minimum atomic E-state index is -1.65. The molecule has 0 spiro atoms. The largest absolute Gasteiger partial charge is 0.480 e. The summed E-state index contributed by atoms with van der Waals surface area (Å²) in [6.07, 6.45) is 0. The third kappa shape index (κ3) is 37.3. The quantitative estimate of drug-likeness (QED) is 0.0271. The first-order valence-corrected chi connectivity index (χ1v) is 23.9. The van der Waals surface area contributed by atoms with Gasteiger partial charge in [0.05, 0.1) is 118 Å². The van der Waals surface area contributed by atoms with Crippen LogP contribution in [0.15, 0.2) is 0 Å². The van der Waals surface area contributed by atoms with Crippen molar-refractivity contribution in [1.29, 1.82) is 0 Å². The minimum absolute atomic E-state index is 0.359. The molecule has 0 heterocycles. The molecular weight excluding hydrogens is 1130 g/mol. The fourth-order valence-corrected chi connectivity index (χ4v) is 5.09. The number of carboxylic acids is 1. The fraction of sp³-hybridized carbons (Fsp3) is 0.537. The molecular formula is C41H65N19O23. The Kier molecular flexibility index (Phi) is 36.6. The van der Waals surface area contributed by atoms with Gasteiger partial charge in [0, 0.05) is 0 Å². The Morgan fingerprint density at radius 3 is 0.566 bits per heavy atom. The number of hydrogen-bond donors (Lipinski definition) is 23. The lowest BCUT2D eigenvalue weighted by molar-refractivity contribution is -0.138. The van der Waals surface area contributed by atoms with Crippen LogP contribution in [-0.4, -0.2) is 275 Å². The summed E-state index contributed by atoms with van der Waals surface area (Å²) >= 11 is 0. The van der Waals surface area contributed by atoms with E-state index in [0.717, 1.165) is 0 Å². The van der Waals surface area contributed by atoms with Crippen molar-refractivity contribution in [1.82, 2.24) is 95.7 Å².